The Bertz CT molecular complexity index is 3150. The molecule has 0 saturated carbocycles. The van der Waals surface area contributed by atoms with E-state index in [4.69, 9.17) is 23.8 Å². The summed E-state index contributed by atoms with van der Waals surface area (Å²) in [6, 6.07) is 53.8. The van der Waals surface area contributed by atoms with Gasteiger partial charge in [-0.2, -0.15) is 0 Å². The van der Waals surface area contributed by atoms with Gasteiger partial charge in [-0.05, 0) is 48.5 Å². The number of nitrogens with zero attached hydrogens (tertiary/aromatic N) is 4. The first-order chi connectivity index (χ1) is 25.3. The highest BCUT2D eigenvalue weighted by molar-refractivity contribution is 6.23. The molecule has 6 heteroatoms. The van der Waals surface area contributed by atoms with Gasteiger partial charge in [0.15, 0.2) is 17.5 Å². The average Bonchev–Trinajstić information content (AvgIpc) is 3.87. The van der Waals surface area contributed by atoms with Crippen molar-refractivity contribution >= 4 is 65.7 Å². The molecule has 0 aliphatic heterocycles. The standard InChI is InChI=1S/C45H26N4O2/c1-2-12-27(13-3-1)43-46-44(48-45(47-43)34-19-11-23-39-40(34)33-18-6-9-22-38(33)50-39)28-14-10-15-29(26-28)49-35-20-7-4-17-32(35)41-36(49)25-24-31-30-16-5-8-21-37(30)51-42(31)41/h1-26H. The molecule has 11 aromatic rings. The topological polar surface area (TPSA) is 69.9 Å². The van der Waals surface area contributed by atoms with Gasteiger partial charge in [-0.15, -0.1) is 0 Å². The molecular formula is C45H26N4O2. The lowest BCUT2D eigenvalue weighted by Crippen LogP contribution is -2.01. The van der Waals surface area contributed by atoms with Crippen molar-refractivity contribution in [1.29, 1.82) is 0 Å². The quantitative estimate of drug-likeness (QED) is 0.189. The molecule has 0 atom stereocenters. The van der Waals surface area contributed by atoms with Gasteiger partial charge in [0.1, 0.15) is 22.3 Å². The van der Waals surface area contributed by atoms with Gasteiger partial charge >= 0.3 is 0 Å². The van der Waals surface area contributed by atoms with Crippen LogP contribution in [0.3, 0.4) is 0 Å². The molecule has 0 saturated heterocycles. The van der Waals surface area contributed by atoms with Crippen molar-refractivity contribution in [3.05, 3.63) is 158 Å². The van der Waals surface area contributed by atoms with Gasteiger partial charge in [0.2, 0.25) is 0 Å². The highest BCUT2D eigenvalue weighted by Crippen LogP contribution is 2.41. The Balaban J connectivity index is 1.14. The Hall–Kier alpha value is -7.05. The predicted molar refractivity (Wildman–Crippen MR) is 205 cm³/mol. The van der Waals surface area contributed by atoms with Gasteiger partial charge in [0.05, 0.1) is 16.4 Å². The minimum absolute atomic E-state index is 0.588. The fourth-order valence-electron chi connectivity index (χ4n) is 7.60. The van der Waals surface area contributed by atoms with E-state index in [-0.39, 0.29) is 0 Å². The lowest BCUT2D eigenvalue weighted by Gasteiger charge is -2.12. The molecule has 0 aliphatic carbocycles. The average molecular weight is 655 g/mol. The smallest absolute Gasteiger partial charge is 0.164 e. The molecular weight excluding hydrogens is 629 g/mol. The second kappa shape index (κ2) is 10.7. The van der Waals surface area contributed by atoms with Gasteiger partial charge in [-0.25, -0.2) is 15.0 Å². The van der Waals surface area contributed by atoms with Gasteiger partial charge in [-0.1, -0.05) is 109 Å². The van der Waals surface area contributed by atoms with Crippen LogP contribution in [0.2, 0.25) is 0 Å². The zero-order valence-electron chi connectivity index (χ0n) is 27.1. The molecule has 4 aromatic heterocycles. The number of aromatic nitrogens is 4. The minimum Gasteiger partial charge on any atom is -0.456 e. The van der Waals surface area contributed by atoms with Gasteiger partial charge in [-0.3, -0.25) is 0 Å². The zero-order valence-corrected chi connectivity index (χ0v) is 27.1. The number of hydrogen-bond donors (Lipinski definition) is 0. The maximum Gasteiger partial charge on any atom is 0.164 e. The predicted octanol–water partition coefficient (Wildman–Crippen LogP) is 11.8. The van der Waals surface area contributed by atoms with Crippen molar-refractivity contribution < 1.29 is 8.83 Å². The number of para-hydroxylation sites is 3. The molecule has 0 radical (unpaired) electrons. The number of benzene rings is 7. The molecule has 0 fully saturated rings. The van der Waals surface area contributed by atoms with Crippen molar-refractivity contribution in [2.45, 2.75) is 0 Å². The lowest BCUT2D eigenvalue weighted by molar-refractivity contribution is 0.669. The second-order valence-corrected chi connectivity index (χ2v) is 12.8. The number of hydrogen-bond acceptors (Lipinski definition) is 5. The molecule has 0 bridgehead atoms. The number of fused-ring (bicyclic) bond motifs is 10. The van der Waals surface area contributed by atoms with Crippen molar-refractivity contribution in [3.63, 3.8) is 0 Å². The van der Waals surface area contributed by atoms with Gasteiger partial charge < -0.3 is 13.4 Å². The van der Waals surface area contributed by atoms with Crippen LogP contribution in [-0.4, -0.2) is 19.5 Å². The summed E-state index contributed by atoms with van der Waals surface area (Å²) in [6.07, 6.45) is 0. The third-order valence-electron chi connectivity index (χ3n) is 9.85. The molecule has 0 unspecified atom stereocenters. The molecule has 4 heterocycles. The van der Waals surface area contributed by atoms with Crippen molar-refractivity contribution in [3.8, 4) is 39.9 Å². The minimum atomic E-state index is 0.588. The first-order valence-corrected chi connectivity index (χ1v) is 16.9. The Labute approximate surface area is 290 Å². The molecule has 6 nitrogen and oxygen atoms in total. The molecule has 0 spiro atoms. The third kappa shape index (κ3) is 4.20. The van der Waals surface area contributed by atoms with Crippen LogP contribution in [0.1, 0.15) is 0 Å². The third-order valence-corrected chi connectivity index (χ3v) is 9.85. The summed E-state index contributed by atoms with van der Waals surface area (Å²) in [5, 5.41) is 6.47. The Kier molecular flexibility index (Phi) is 5.86. The molecule has 0 aliphatic rings. The fourth-order valence-corrected chi connectivity index (χ4v) is 7.60. The van der Waals surface area contributed by atoms with Crippen LogP contribution in [-0.2, 0) is 0 Å². The van der Waals surface area contributed by atoms with Gasteiger partial charge in [0.25, 0.3) is 0 Å². The van der Waals surface area contributed by atoms with Crippen LogP contribution in [0.5, 0.6) is 0 Å². The van der Waals surface area contributed by atoms with Crippen LogP contribution in [0, 0.1) is 0 Å². The summed E-state index contributed by atoms with van der Waals surface area (Å²) in [4.78, 5) is 15.3. The van der Waals surface area contributed by atoms with Crippen molar-refractivity contribution in [2.75, 3.05) is 0 Å². The lowest BCUT2D eigenvalue weighted by atomic mass is 10.1. The van der Waals surface area contributed by atoms with E-state index in [1.807, 2.05) is 72.8 Å². The van der Waals surface area contributed by atoms with E-state index in [1.54, 1.807) is 0 Å². The Morgan fingerprint density at radius 1 is 0.392 bits per heavy atom. The van der Waals surface area contributed by atoms with Crippen LogP contribution in [0.15, 0.2) is 167 Å². The van der Waals surface area contributed by atoms with E-state index < -0.39 is 0 Å². The van der Waals surface area contributed by atoms with Crippen LogP contribution >= 0.6 is 0 Å². The summed E-state index contributed by atoms with van der Waals surface area (Å²) < 4.78 is 15.1. The van der Waals surface area contributed by atoms with Crippen LogP contribution in [0.25, 0.3) is 106 Å². The molecule has 7 aromatic carbocycles. The Morgan fingerprint density at radius 3 is 1.90 bits per heavy atom. The molecule has 11 rings (SSSR count). The summed E-state index contributed by atoms with van der Waals surface area (Å²) in [5.74, 6) is 1.78. The molecule has 51 heavy (non-hydrogen) atoms. The van der Waals surface area contributed by atoms with Crippen molar-refractivity contribution in [2.24, 2.45) is 0 Å². The van der Waals surface area contributed by atoms with E-state index in [1.165, 1.54) is 0 Å². The fraction of sp³-hybridized carbons (Fsp3) is 0. The largest absolute Gasteiger partial charge is 0.456 e. The first kappa shape index (κ1) is 27.9. The van der Waals surface area contributed by atoms with E-state index >= 15 is 0 Å². The second-order valence-electron chi connectivity index (χ2n) is 12.8. The molecule has 0 N–H and O–H groups in total. The maximum absolute atomic E-state index is 6.53. The van der Waals surface area contributed by atoms with E-state index in [2.05, 4.69) is 89.5 Å². The summed E-state index contributed by atoms with van der Waals surface area (Å²) in [7, 11) is 0. The molecule has 238 valence electrons. The van der Waals surface area contributed by atoms with Crippen LogP contribution < -0.4 is 0 Å². The highest BCUT2D eigenvalue weighted by atomic mass is 16.3. The summed E-state index contributed by atoms with van der Waals surface area (Å²) in [6.45, 7) is 0. The first-order valence-electron chi connectivity index (χ1n) is 16.9. The van der Waals surface area contributed by atoms with Gasteiger partial charge in [0, 0.05) is 49.3 Å². The van der Waals surface area contributed by atoms with E-state index in [9.17, 15) is 0 Å². The Morgan fingerprint density at radius 2 is 1.04 bits per heavy atom. The monoisotopic (exact) mass is 654 g/mol. The number of furan rings is 2. The maximum atomic E-state index is 6.53. The zero-order chi connectivity index (χ0) is 33.5. The SMILES string of the molecule is c1ccc(-c2nc(-c3cccc(-n4c5ccccc5c5c6oc7ccccc7c6ccc54)c3)nc(-c3cccc4oc5ccccc5c34)n2)cc1. The van der Waals surface area contributed by atoms with Crippen molar-refractivity contribution in [1.82, 2.24) is 19.5 Å². The summed E-state index contributed by atoms with van der Waals surface area (Å²) >= 11 is 0. The van der Waals surface area contributed by atoms with Crippen LogP contribution in [0.4, 0.5) is 0 Å². The highest BCUT2D eigenvalue weighted by Gasteiger charge is 2.21. The molecule has 0 amide bonds. The van der Waals surface area contributed by atoms with E-state index in [0.717, 1.165) is 88.1 Å². The summed E-state index contributed by atoms with van der Waals surface area (Å²) in [5.41, 5.74) is 9.27. The normalized spacial score (nSPS) is 11.9. The van der Waals surface area contributed by atoms with E-state index in [0.29, 0.717) is 17.5 Å². The number of rotatable bonds is 4.